The van der Waals surface area contributed by atoms with E-state index in [9.17, 15) is 4.79 Å². The molecule has 4 nitrogen and oxygen atoms in total. The monoisotopic (exact) mass is 260 g/mol. The van der Waals surface area contributed by atoms with Crippen LogP contribution in [0.15, 0.2) is 29.1 Å². The molecule has 0 atom stereocenters. The van der Waals surface area contributed by atoms with Crippen molar-refractivity contribution in [3.05, 3.63) is 45.7 Å². The van der Waals surface area contributed by atoms with Gasteiger partial charge in [0.25, 0.3) is 0 Å². The Kier molecular flexibility index (Phi) is 4.71. The zero-order valence-electron chi connectivity index (χ0n) is 11.5. The van der Waals surface area contributed by atoms with Crippen molar-refractivity contribution in [2.45, 2.75) is 20.4 Å². The molecule has 2 rings (SSSR count). The number of benzene rings is 1. The molecule has 4 heteroatoms. The molecule has 0 radical (unpaired) electrons. The maximum Gasteiger partial charge on any atom is 0.189 e. The highest BCUT2D eigenvalue weighted by Crippen LogP contribution is 2.10. The summed E-state index contributed by atoms with van der Waals surface area (Å²) in [4.78, 5) is 15.3. The number of ether oxygens (including phenoxy) is 1. The molecule has 1 heterocycles. The SMILES string of the molecule is CCOCCNCc1cc(=O)c2cc(C)ccc2[nH]1. The third kappa shape index (κ3) is 3.66. The molecule has 0 saturated heterocycles. The number of nitrogens with one attached hydrogen (secondary N) is 2. The van der Waals surface area contributed by atoms with Gasteiger partial charge in [-0.2, -0.15) is 0 Å². The lowest BCUT2D eigenvalue weighted by atomic mass is 10.1. The molecule has 0 unspecified atom stereocenters. The Morgan fingerprint density at radius 1 is 1.32 bits per heavy atom. The van der Waals surface area contributed by atoms with Crippen LogP contribution < -0.4 is 10.7 Å². The van der Waals surface area contributed by atoms with Crippen molar-refractivity contribution in [2.75, 3.05) is 19.8 Å². The van der Waals surface area contributed by atoms with Crippen LogP contribution in [-0.4, -0.2) is 24.7 Å². The molecule has 102 valence electrons. The Bertz CT molecular complexity index is 605. The van der Waals surface area contributed by atoms with Gasteiger partial charge in [-0.25, -0.2) is 0 Å². The number of H-pyrrole nitrogens is 1. The van der Waals surface area contributed by atoms with Gasteiger partial charge in [-0.05, 0) is 26.0 Å². The zero-order chi connectivity index (χ0) is 13.7. The highest BCUT2D eigenvalue weighted by Gasteiger charge is 2.02. The highest BCUT2D eigenvalue weighted by molar-refractivity contribution is 5.79. The van der Waals surface area contributed by atoms with E-state index >= 15 is 0 Å². The molecule has 0 spiro atoms. The van der Waals surface area contributed by atoms with E-state index in [1.165, 1.54) is 0 Å². The van der Waals surface area contributed by atoms with Gasteiger partial charge in [0, 0.05) is 42.4 Å². The van der Waals surface area contributed by atoms with E-state index in [4.69, 9.17) is 4.74 Å². The lowest BCUT2D eigenvalue weighted by molar-refractivity contribution is 0.149. The smallest absolute Gasteiger partial charge is 0.189 e. The maximum atomic E-state index is 12.0. The Morgan fingerprint density at radius 3 is 2.95 bits per heavy atom. The average Bonchev–Trinajstić information content (AvgIpc) is 2.39. The topological polar surface area (TPSA) is 54.1 Å². The number of aromatic nitrogens is 1. The molecular weight excluding hydrogens is 240 g/mol. The lowest BCUT2D eigenvalue weighted by Gasteiger charge is -2.07. The molecule has 2 N–H and O–H groups in total. The van der Waals surface area contributed by atoms with Crippen LogP contribution in [0, 0.1) is 6.92 Å². The second kappa shape index (κ2) is 6.50. The lowest BCUT2D eigenvalue weighted by Crippen LogP contribution is -2.21. The number of rotatable bonds is 6. The first-order valence-electron chi connectivity index (χ1n) is 6.61. The van der Waals surface area contributed by atoms with E-state index in [0.29, 0.717) is 13.2 Å². The predicted molar refractivity (Wildman–Crippen MR) is 77.5 cm³/mol. The van der Waals surface area contributed by atoms with Crippen LogP contribution >= 0.6 is 0 Å². The average molecular weight is 260 g/mol. The largest absolute Gasteiger partial charge is 0.380 e. The standard InChI is InChI=1S/C15H20N2O2/c1-3-19-7-6-16-10-12-9-15(18)13-8-11(2)4-5-14(13)17-12/h4-5,8-9,16H,3,6-7,10H2,1-2H3,(H,17,18). The summed E-state index contributed by atoms with van der Waals surface area (Å²) in [5.41, 5.74) is 2.96. The summed E-state index contributed by atoms with van der Waals surface area (Å²) in [5, 5.41) is 3.99. The maximum absolute atomic E-state index is 12.0. The van der Waals surface area contributed by atoms with Crippen LogP contribution in [0.25, 0.3) is 10.9 Å². The molecule has 0 aliphatic carbocycles. The van der Waals surface area contributed by atoms with Crippen molar-refractivity contribution < 1.29 is 4.74 Å². The molecule has 0 aliphatic heterocycles. The molecule has 1 aromatic carbocycles. The van der Waals surface area contributed by atoms with Gasteiger partial charge in [0.05, 0.1) is 6.61 Å². The first-order chi connectivity index (χ1) is 9.20. The van der Waals surface area contributed by atoms with E-state index < -0.39 is 0 Å². The Balaban J connectivity index is 2.08. The van der Waals surface area contributed by atoms with Crippen LogP contribution in [0.2, 0.25) is 0 Å². The number of hydrogen-bond acceptors (Lipinski definition) is 3. The minimum atomic E-state index is 0.0686. The number of hydrogen-bond donors (Lipinski definition) is 2. The minimum Gasteiger partial charge on any atom is -0.380 e. The van der Waals surface area contributed by atoms with Crippen LogP contribution in [0.4, 0.5) is 0 Å². The molecule has 19 heavy (non-hydrogen) atoms. The molecule has 0 fully saturated rings. The molecule has 2 aromatic rings. The second-order valence-electron chi connectivity index (χ2n) is 4.58. The fourth-order valence-electron chi connectivity index (χ4n) is 2.02. The van der Waals surface area contributed by atoms with Crippen molar-refractivity contribution in [1.82, 2.24) is 10.3 Å². The summed E-state index contributed by atoms with van der Waals surface area (Å²) in [5.74, 6) is 0. The summed E-state index contributed by atoms with van der Waals surface area (Å²) < 4.78 is 5.24. The van der Waals surface area contributed by atoms with E-state index in [-0.39, 0.29) is 5.43 Å². The quantitative estimate of drug-likeness (QED) is 0.781. The molecule has 0 saturated carbocycles. The third-order valence-electron chi connectivity index (χ3n) is 2.98. The summed E-state index contributed by atoms with van der Waals surface area (Å²) in [6.45, 7) is 6.81. The van der Waals surface area contributed by atoms with Crippen LogP contribution in [0.5, 0.6) is 0 Å². The van der Waals surface area contributed by atoms with Crippen molar-refractivity contribution in [3.8, 4) is 0 Å². The Labute approximate surface area is 112 Å². The third-order valence-corrected chi connectivity index (χ3v) is 2.98. The molecular formula is C15H20N2O2. The van der Waals surface area contributed by atoms with Gasteiger partial charge in [-0.15, -0.1) is 0 Å². The summed E-state index contributed by atoms with van der Waals surface area (Å²) >= 11 is 0. The second-order valence-corrected chi connectivity index (χ2v) is 4.58. The molecule has 0 amide bonds. The predicted octanol–water partition coefficient (Wildman–Crippen LogP) is 1.96. The fourth-order valence-corrected chi connectivity index (χ4v) is 2.02. The Morgan fingerprint density at radius 2 is 2.16 bits per heavy atom. The Hall–Kier alpha value is -1.65. The van der Waals surface area contributed by atoms with Crippen molar-refractivity contribution in [3.63, 3.8) is 0 Å². The first-order valence-corrected chi connectivity index (χ1v) is 6.61. The van der Waals surface area contributed by atoms with Gasteiger partial charge >= 0.3 is 0 Å². The first kappa shape index (κ1) is 13.8. The van der Waals surface area contributed by atoms with Gasteiger partial charge in [-0.3, -0.25) is 4.79 Å². The number of pyridine rings is 1. The van der Waals surface area contributed by atoms with Crippen molar-refractivity contribution >= 4 is 10.9 Å². The van der Waals surface area contributed by atoms with Gasteiger partial charge in [0.1, 0.15) is 0 Å². The van der Waals surface area contributed by atoms with E-state index in [1.807, 2.05) is 32.0 Å². The van der Waals surface area contributed by atoms with Gasteiger partial charge in [0.15, 0.2) is 5.43 Å². The number of aromatic amines is 1. The summed E-state index contributed by atoms with van der Waals surface area (Å²) in [7, 11) is 0. The van der Waals surface area contributed by atoms with Crippen LogP contribution in [-0.2, 0) is 11.3 Å². The van der Waals surface area contributed by atoms with E-state index in [0.717, 1.165) is 35.3 Å². The van der Waals surface area contributed by atoms with E-state index in [1.54, 1.807) is 6.07 Å². The summed E-state index contributed by atoms with van der Waals surface area (Å²) in [6.07, 6.45) is 0. The molecule has 0 bridgehead atoms. The highest BCUT2D eigenvalue weighted by atomic mass is 16.5. The molecule has 1 aromatic heterocycles. The van der Waals surface area contributed by atoms with Gasteiger partial charge < -0.3 is 15.0 Å². The van der Waals surface area contributed by atoms with Crippen molar-refractivity contribution in [2.24, 2.45) is 0 Å². The number of fused-ring (bicyclic) bond motifs is 1. The van der Waals surface area contributed by atoms with Gasteiger partial charge in [-0.1, -0.05) is 11.6 Å². The zero-order valence-corrected chi connectivity index (χ0v) is 11.5. The fraction of sp³-hybridized carbons (Fsp3) is 0.400. The number of aryl methyl sites for hydroxylation is 1. The molecule has 0 aliphatic rings. The van der Waals surface area contributed by atoms with E-state index in [2.05, 4.69) is 10.3 Å². The normalized spacial score (nSPS) is 11.1. The van der Waals surface area contributed by atoms with Gasteiger partial charge in [0.2, 0.25) is 0 Å². The van der Waals surface area contributed by atoms with Crippen LogP contribution in [0.3, 0.4) is 0 Å². The van der Waals surface area contributed by atoms with Crippen LogP contribution in [0.1, 0.15) is 18.2 Å². The summed E-state index contributed by atoms with van der Waals surface area (Å²) in [6, 6.07) is 7.54. The minimum absolute atomic E-state index is 0.0686. The van der Waals surface area contributed by atoms with Crippen molar-refractivity contribution in [1.29, 1.82) is 0 Å².